The highest BCUT2D eigenvalue weighted by Crippen LogP contribution is 2.22. The van der Waals surface area contributed by atoms with E-state index < -0.39 is 5.97 Å². The summed E-state index contributed by atoms with van der Waals surface area (Å²) in [7, 11) is 1.30. The van der Waals surface area contributed by atoms with Gasteiger partial charge in [0.25, 0.3) is 5.56 Å². The van der Waals surface area contributed by atoms with Gasteiger partial charge in [0.05, 0.1) is 13.5 Å². The van der Waals surface area contributed by atoms with Gasteiger partial charge in [-0.05, 0) is 29.8 Å². The number of fused-ring (bicyclic) bond motifs is 3. The molecule has 3 rings (SSSR count). The molecule has 1 aromatic carbocycles. The largest absolute Gasteiger partial charge is 0.481 e. The Labute approximate surface area is 171 Å². The summed E-state index contributed by atoms with van der Waals surface area (Å²) in [6, 6.07) is 7.37. The van der Waals surface area contributed by atoms with Crippen LogP contribution in [-0.2, 0) is 19.1 Å². The molecule has 0 aliphatic heterocycles. The van der Waals surface area contributed by atoms with Crippen molar-refractivity contribution in [3.05, 3.63) is 52.5 Å². The summed E-state index contributed by atoms with van der Waals surface area (Å²) < 4.78 is 4.50. The quantitative estimate of drug-likeness (QED) is 0.360. The SMILES string of the molecule is CCC(=O)O.COC(=O)CCNC(=O)C=Cc1ccc2[nH]c(=O)c3[nH]ccc3c2c1. The van der Waals surface area contributed by atoms with E-state index in [-0.39, 0.29) is 36.8 Å². The van der Waals surface area contributed by atoms with Crippen LogP contribution >= 0.6 is 0 Å². The highest BCUT2D eigenvalue weighted by atomic mass is 16.5. The zero-order valence-corrected chi connectivity index (χ0v) is 16.7. The lowest BCUT2D eigenvalue weighted by atomic mass is 10.1. The van der Waals surface area contributed by atoms with Gasteiger partial charge in [0.2, 0.25) is 5.91 Å². The fraction of sp³-hybridized carbons (Fsp3) is 0.238. The highest BCUT2D eigenvalue weighted by molar-refractivity contribution is 6.05. The molecule has 0 aliphatic rings. The minimum atomic E-state index is -0.745. The number of nitrogens with one attached hydrogen (secondary N) is 3. The molecule has 0 fully saturated rings. The van der Waals surface area contributed by atoms with Crippen LogP contribution < -0.4 is 10.9 Å². The van der Waals surface area contributed by atoms with E-state index in [4.69, 9.17) is 5.11 Å². The first kappa shape index (κ1) is 22.4. The molecule has 0 unspecified atom stereocenters. The van der Waals surface area contributed by atoms with E-state index in [9.17, 15) is 19.2 Å². The molecule has 3 aromatic rings. The third-order valence-electron chi connectivity index (χ3n) is 4.14. The Bertz CT molecular complexity index is 1140. The van der Waals surface area contributed by atoms with Crippen LogP contribution in [0.4, 0.5) is 0 Å². The minimum absolute atomic E-state index is 0.130. The van der Waals surface area contributed by atoms with E-state index in [1.807, 2.05) is 18.2 Å². The number of pyridine rings is 1. The first-order chi connectivity index (χ1) is 14.3. The van der Waals surface area contributed by atoms with Crippen LogP contribution in [-0.4, -0.2) is 46.6 Å². The first-order valence-corrected chi connectivity index (χ1v) is 9.23. The molecule has 9 nitrogen and oxygen atoms in total. The maximum absolute atomic E-state index is 11.9. The second-order valence-corrected chi connectivity index (χ2v) is 6.22. The number of rotatable bonds is 6. The summed E-state index contributed by atoms with van der Waals surface area (Å²) in [6.07, 6.45) is 5.15. The molecule has 9 heteroatoms. The molecule has 0 saturated carbocycles. The number of aliphatic carboxylic acids is 1. The minimum Gasteiger partial charge on any atom is -0.481 e. The maximum atomic E-state index is 11.9. The van der Waals surface area contributed by atoms with Crippen molar-refractivity contribution in [2.24, 2.45) is 0 Å². The van der Waals surface area contributed by atoms with Gasteiger partial charge in [0.15, 0.2) is 0 Å². The predicted octanol–water partition coefficient (Wildman–Crippen LogP) is 2.18. The Balaban J connectivity index is 0.000000575. The number of H-pyrrole nitrogens is 2. The second kappa shape index (κ2) is 10.6. The molecule has 4 N–H and O–H groups in total. The van der Waals surface area contributed by atoms with Gasteiger partial charge < -0.3 is 25.1 Å². The Morgan fingerprint density at radius 1 is 1.20 bits per heavy atom. The van der Waals surface area contributed by atoms with Crippen molar-refractivity contribution in [1.29, 1.82) is 0 Å². The second-order valence-electron chi connectivity index (χ2n) is 6.22. The van der Waals surface area contributed by atoms with Crippen LogP contribution in [0.2, 0.25) is 0 Å². The van der Waals surface area contributed by atoms with E-state index in [0.29, 0.717) is 5.52 Å². The lowest BCUT2D eigenvalue weighted by Gasteiger charge is -2.02. The molecule has 2 aromatic heterocycles. The van der Waals surface area contributed by atoms with E-state index in [2.05, 4.69) is 20.0 Å². The Kier molecular flexibility index (Phi) is 7.92. The van der Waals surface area contributed by atoms with Crippen molar-refractivity contribution < 1.29 is 24.2 Å². The van der Waals surface area contributed by atoms with E-state index in [0.717, 1.165) is 21.9 Å². The number of aromatic nitrogens is 2. The summed E-state index contributed by atoms with van der Waals surface area (Å²) in [5.74, 6) is -1.41. The predicted molar refractivity (Wildman–Crippen MR) is 113 cm³/mol. The van der Waals surface area contributed by atoms with Crippen molar-refractivity contribution >= 4 is 45.7 Å². The number of carboxylic acids is 1. The number of benzene rings is 1. The average Bonchev–Trinajstić information content (AvgIpc) is 3.23. The summed E-state index contributed by atoms with van der Waals surface area (Å²) in [4.78, 5) is 49.8. The third kappa shape index (κ3) is 6.06. The number of carbonyl (C=O) groups excluding carboxylic acids is 2. The standard InChI is InChI=1S/C18H17N3O4.C3H6O2/c1-25-16(23)7-9-19-15(22)5-3-11-2-4-14-13(10-11)12-6-8-20-17(12)18(24)21-14;1-2-3(4)5/h2-6,8,10,20H,7,9H2,1H3,(H,19,22)(H,21,24);2H2,1H3,(H,4,5). The Hall–Kier alpha value is -3.88. The Morgan fingerprint density at radius 2 is 1.93 bits per heavy atom. The summed E-state index contributed by atoms with van der Waals surface area (Å²) in [5, 5.41) is 12.1. The zero-order valence-electron chi connectivity index (χ0n) is 16.7. The zero-order chi connectivity index (χ0) is 22.1. The fourth-order valence-corrected chi connectivity index (χ4v) is 2.58. The molecule has 0 bridgehead atoms. The number of hydrogen-bond acceptors (Lipinski definition) is 5. The van der Waals surface area contributed by atoms with Gasteiger partial charge in [-0.25, -0.2) is 0 Å². The van der Waals surface area contributed by atoms with Gasteiger partial charge in [-0.1, -0.05) is 13.0 Å². The van der Waals surface area contributed by atoms with Crippen LogP contribution in [0.15, 0.2) is 41.3 Å². The van der Waals surface area contributed by atoms with Crippen molar-refractivity contribution in [1.82, 2.24) is 15.3 Å². The number of carboxylic acid groups (broad SMARTS) is 1. The van der Waals surface area contributed by atoms with Crippen LogP contribution in [0.25, 0.3) is 27.9 Å². The topological polar surface area (TPSA) is 141 Å². The van der Waals surface area contributed by atoms with Crippen molar-refractivity contribution in [2.75, 3.05) is 13.7 Å². The number of carbonyl (C=O) groups is 3. The molecule has 0 spiro atoms. The van der Waals surface area contributed by atoms with Gasteiger partial charge in [0.1, 0.15) is 5.52 Å². The van der Waals surface area contributed by atoms with Crippen LogP contribution in [0.3, 0.4) is 0 Å². The van der Waals surface area contributed by atoms with Gasteiger partial charge in [-0.2, -0.15) is 0 Å². The van der Waals surface area contributed by atoms with Gasteiger partial charge in [0, 0.05) is 41.5 Å². The molecular formula is C21H23N3O6. The van der Waals surface area contributed by atoms with Crippen molar-refractivity contribution in [3.8, 4) is 0 Å². The number of amides is 1. The summed E-state index contributed by atoms with van der Waals surface area (Å²) >= 11 is 0. The average molecular weight is 413 g/mol. The molecule has 1 amide bonds. The number of methoxy groups -OCH3 is 1. The van der Waals surface area contributed by atoms with Gasteiger partial charge in [-0.3, -0.25) is 19.2 Å². The molecule has 30 heavy (non-hydrogen) atoms. The van der Waals surface area contributed by atoms with Crippen molar-refractivity contribution in [3.63, 3.8) is 0 Å². The lowest BCUT2D eigenvalue weighted by Crippen LogP contribution is -2.24. The molecule has 158 valence electrons. The number of hydrogen-bond donors (Lipinski definition) is 4. The van der Waals surface area contributed by atoms with Gasteiger partial charge >= 0.3 is 11.9 Å². The monoisotopic (exact) mass is 413 g/mol. The molecular weight excluding hydrogens is 390 g/mol. The fourth-order valence-electron chi connectivity index (χ4n) is 2.58. The molecule has 2 heterocycles. The van der Waals surface area contributed by atoms with Crippen molar-refractivity contribution in [2.45, 2.75) is 19.8 Å². The first-order valence-electron chi connectivity index (χ1n) is 9.23. The van der Waals surface area contributed by atoms with Crippen LogP contribution in [0, 0.1) is 0 Å². The summed E-state index contributed by atoms with van der Waals surface area (Å²) in [6.45, 7) is 1.82. The lowest BCUT2D eigenvalue weighted by molar-refractivity contribution is -0.140. The highest BCUT2D eigenvalue weighted by Gasteiger charge is 2.06. The molecule has 0 atom stereocenters. The molecule has 0 aliphatic carbocycles. The normalized spacial score (nSPS) is 10.6. The third-order valence-corrected chi connectivity index (χ3v) is 4.14. The van der Waals surface area contributed by atoms with Crippen LogP contribution in [0.1, 0.15) is 25.3 Å². The van der Waals surface area contributed by atoms with Gasteiger partial charge in [-0.15, -0.1) is 0 Å². The Morgan fingerprint density at radius 3 is 2.60 bits per heavy atom. The number of ether oxygens (including phenoxy) is 1. The van der Waals surface area contributed by atoms with Crippen LogP contribution in [0.5, 0.6) is 0 Å². The number of aromatic amines is 2. The smallest absolute Gasteiger partial charge is 0.307 e. The molecule has 0 radical (unpaired) electrons. The molecule has 0 saturated heterocycles. The summed E-state index contributed by atoms with van der Waals surface area (Å²) in [5.41, 5.74) is 1.91. The number of esters is 1. The van der Waals surface area contributed by atoms with E-state index in [1.54, 1.807) is 25.3 Å². The van der Waals surface area contributed by atoms with E-state index in [1.165, 1.54) is 13.2 Å². The van der Waals surface area contributed by atoms with E-state index >= 15 is 0 Å². The maximum Gasteiger partial charge on any atom is 0.307 e.